The number of aliphatic hydroxyl groups is 2. The Morgan fingerprint density at radius 1 is 0.469 bits per heavy atom. The van der Waals surface area contributed by atoms with Crippen LogP contribution in [0.25, 0.3) is 0 Å². The third kappa shape index (κ3) is 45.9. The zero-order valence-corrected chi connectivity index (χ0v) is 42.1. The average Bonchev–Trinajstić information content (AvgIpc) is 3.29. The number of hydrogen-bond donors (Lipinski definition) is 3. The molecule has 0 aliphatic heterocycles. The molecule has 0 fully saturated rings. The molecule has 0 bridgehead atoms. The molecule has 0 saturated carbocycles. The second kappa shape index (κ2) is 51.3. The van der Waals surface area contributed by atoms with E-state index in [1.54, 1.807) is 0 Å². The highest BCUT2D eigenvalue weighted by Crippen LogP contribution is 2.18. The molecule has 0 aliphatic carbocycles. The zero-order valence-electron chi connectivity index (χ0n) is 42.1. The first-order valence-corrected chi connectivity index (χ1v) is 27.2. The summed E-state index contributed by atoms with van der Waals surface area (Å²) >= 11 is 0. The normalized spacial score (nSPS) is 13.8. The van der Waals surface area contributed by atoms with Crippen LogP contribution in [0.3, 0.4) is 0 Å². The fourth-order valence-corrected chi connectivity index (χ4v) is 8.11. The van der Waals surface area contributed by atoms with Crippen LogP contribution in [0.15, 0.2) is 72.9 Å². The molecule has 0 heterocycles. The first-order valence-electron chi connectivity index (χ1n) is 27.2. The maximum Gasteiger partial charge on any atom is 0.306 e. The summed E-state index contributed by atoms with van der Waals surface area (Å²) in [5.41, 5.74) is 0. The van der Waals surface area contributed by atoms with E-state index in [-0.39, 0.29) is 24.9 Å². The molecule has 6 nitrogen and oxygen atoms in total. The van der Waals surface area contributed by atoms with Gasteiger partial charge in [-0.05, 0) is 44.9 Å². The minimum absolute atomic E-state index is 0.0593. The topological polar surface area (TPSA) is 95.9 Å². The van der Waals surface area contributed by atoms with Gasteiger partial charge in [0.1, 0.15) is 6.10 Å². The van der Waals surface area contributed by atoms with Gasteiger partial charge in [0.05, 0.1) is 25.2 Å². The Kier molecular flexibility index (Phi) is 49.1. The predicted octanol–water partition coefficient (Wildman–Crippen LogP) is 16.6. The molecule has 1 amide bonds. The second-order valence-corrected chi connectivity index (χ2v) is 18.4. The van der Waals surface area contributed by atoms with E-state index in [4.69, 9.17) is 4.74 Å². The van der Waals surface area contributed by atoms with E-state index in [0.717, 1.165) is 70.6 Å². The summed E-state index contributed by atoms with van der Waals surface area (Å²) in [4.78, 5) is 26.2. The monoisotopic (exact) mass is 894 g/mol. The Morgan fingerprint density at radius 2 is 0.844 bits per heavy atom. The summed E-state index contributed by atoms with van der Waals surface area (Å²) in [6.45, 7) is 6.34. The van der Waals surface area contributed by atoms with Crippen molar-refractivity contribution in [2.24, 2.45) is 0 Å². The largest absolute Gasteiger partial charge is 0.462 e. The summed E-state index contributed by atoms with van der Waals surface area (Å²) in [6, 6.07) is -0.712. The Hall–Kier alpha value is -2.70. The number of hydrogen-bond acceptors (Lipinski definition) is 5. The van der Waals surface area contributed by atoms with Gasteiger partial charge in [-0.15, -0.1) is 0 Å². The van der Waals surface area contributed by atoms with E-state index in [1.165, 1.54) is 141 Å². The van der Waals surface area contributed by atoms with Crippen molar-refractivity contribution < 1.29 is 24.5 Å². The molecule has 0 rings (SSSR count). The number of nitrogens with one attached hydrogen (secondary N) is 1. The Labute approximate surface area is 396 Å². The van der Waals surface area contributed by atoms with Gasteiger partial charge in [0.2, 0.25) is 5.91 Å². The van der Waals surface area contributed by atoms with E-state index < -0.39 is 18.2 Å². The van der Waals surface area contributed by atoms with Crippen LogP contribution in [0.5, 0.6) is 0 Å². The van der Waals surface area contributed by atoms with Gasteiger partial charge in [-0.25, -0.2) is 0 Å². The van der Waals surface area contributed by atoms with Crippen LogP contribution in [-0.2, 0) is 14.3 Å². The van der Waals surface area contributed by atoms with Crippen LogP contribution in [0.4, 0.5) is 0 Å². The molecular formula is C58H103NO5. The number of aliphatic hydroxyl groups excluding tert-OH is 2. The lowest BCUT2D eigenvalue weighted by Gasteiger charge is -2.24. The molecule has 64 heavy (non-hydrogen) atoms. The Balaban J connectivity index is 4.66. The fourth-order valence-electron chi connectivity index (χ4n) is 8.11. The Bertz CT molecular complexity index is 1190. The van der Waals surface area contributed by atoms with Crippen LogP contribution in [-0.4, -0.2) is 46.9 Å². The van der Waals surface area contributed by atoms with E-state index in [9.17, 15) is 19.8 Å². The second-order valence-electron chi connectivity index (χ2n) is 18.4. The van der Waals surface area contributed by atoms with Crippen LogP contribution < -0.4 is 5.32 Å². The molecule has 370 valence electrons. The van der Waals surface area contributed by atoms with Gasteiger partial charge in [-0.3, -0.25) is 9.59 Å². The maximum atomic E-state index is 13.2. The Morgan fingerprint density at radius 3 is 1.27 bits per heavy atom. The van der Waals surface area contributed by atoms with Crippen molar-refractivity contribution in [3.63, 3.8) is 0 Å². The van der Waals surface area contributed by atoms with Crippen molar-refractivity contribution >= 4 is 11.9 Å². The van der Waals surface area contributed by atoms with Crippen LogP contribution >= 0.6 is 0 Å². The molecule has 3 N–H and O–H groups in total. The lowest BCUT2D eigenvalue weighted by molar-refractivity contribution is -0.151. The average molecular weight is 894 g/mol. The van der Waals surface area contributed by atoms with Crippen LogP contribution in [0, 0.1) is 0 Å². The number of unbranched alkanes of at least 4 members (excludes halogenated alkanes) is 29. The van der Waals surface area contributed by atoms with Crippen molar-refractivity contribution in [3.8, 4) is 0 Å². The minimum Gasteiger partial charge on any atom is -0.462 e. The van der Waals surface area contributed by atoms with Gasteiger partial charge < -0.3 is 20.3 Å². The van der Waals surface area contributed by atoms with Gasteiger partial charge in [0, 0.05) is 6.42 Å². The fraction of sp³-hybridized carbons (Fsp3) is 0.759. The lowest BCUT2D eigenvalue weighted by atomic mass is 10.0. The molecule has 6 heteroatoms. The highest BCUT2D eigenvalue weighted by atomic mass is 16.5. The molecule has 0 spiro atoms. The number of ether oxygens (including phenoxy) is 1. The van der Waals surface area contributed by atoms with Gasteiger partial charge in [0.25, 0.3) is 0 Å². The number of allylic oxidation sites excluding steroid dienone is 12. The summed E-state index contributed by atoms with van der Waals surface area (Å²) in [6.07, 6.45) is 65.3. The number of carbonyl (C=O) groups excluding carboxylic acids is 2. The van der Waals surface area contributed by atoms with Crippen molar-refractivity contribution in [3.05, 3.63) is 72.9 Å². The minimum atomic E-state index is -0.797. The molecular weight excluding hydrogens is 791 g/mol. The van der Waals surface area contributed by atoms with Crippen molar-refractivity contribution in [1.82, 2.24) is 5.32 Å². The molecule has 0 radical (unpaired) electrons. The molecule has 0 aromatic heterocycles. The van der Waals surface area contributed by atoms with E-state index in [2.05, 4.69) is 50.4 Å². The standard InChI is InChI=1S/C58H103NO5/c1-4-7-10-13-16-19-22-24-26-28-30-32-35-37-40-43-46-49-54(52-57(62)59-55(53-60)56(61)50-47-44-41-38-34-21-18-15-12-9-6-3)64-58(63)51-48-45-42-39-36-33-31-29-27-25-23-20-17-14-11-8-5-2/h8,11,14,17,20,23,25,27,29,31,33,36,54-56,60-61H,4-7,9-10,12-13,15-16,18-19,21-22,24,26,28,30,32,34-35,37-53H2,1-3H3,(H,59,62)/b11-8-,17-14+,23-20+,27-25-,31-29+,36-33+. The molecule has 3 unspecified atom stereocenters. The van der Waals surface area contributed by atoms with Crippen LogP contribution in [0.2, 0.25) is 0 Å². The number of carbonyl (C=O) groups is 2. The molecule has 0 aromatic carbocycles. The van der Waals surface area contributed by atoms with Gasteiger partial charge >= 0.3 is 5.97 Å². The smallest absolute Gasteiger partial charge is 0.306 e. The maximum absolute atomic E-state index is 13.2. The van der Waals surface area contributed by atoms with Gasteiger partial charge in [-0.2, -0.15) is 0 Å². The van der Waals surface area contributed by atoms with E-state index in [1.807, 2.05) is 48.6 Å². The highest BCUT2D eigenvalue weighted by Gasteiger charge is 2.24. The van der Waals surface area contributed by atoms with Crippen molar-refractivity contribution in [1.29, 1.82) is 0 Å². The number of amides is 1. The quantitative estimate of drug-likeness (QED) is 0.0321. The lowest BCUT2D eigenvalue weighted by Crippen LogP contribution is -2.46. The van der Waals surface area contributed by atoms with Gasteiger partial charge in [-0.1, -0.05) is 273 Å². The highest BCUT2D eigenvalue weighted by molar-refractivity contribution is 5.77. The molecule has 3 atom stereocenters. The summed E-state index contributed by atoms with van der Waals surface area (Å²) < 4.78 is 5.93. The first-order chi connectivity index (χ1) is 31.5. The third-order valence-electron chi connectivity index (χ3n) is 12.2. The predicted molar refractivity (Wildman–Crippen MR) is 278 cm³/mol. The third-order valence-corrected chi connectivity index (χ3v) is 12.2. The molecule has 0 saturated heterocycles. The SMILES string of the molecule is CC\C=C/C=C/C=C/C=C\C=C\C=C\CCCCCC(=O)OC(CCCCCCCCCCCCCCCCCCC)CC(=O)NC(CO)C(O)CCCCCCCCCCCCC. The molecule has 0 aromatic rings. The van der Waals surface area contributed by atoms with Crippen molar-refractivity contribution in [2.75, 3.05) is 6.61 Å². The molecule has 0 aliphatic rings. The van der Waals surface area contributed by atoms with Gasteiger partial charge in [0.15, 0.2) is 0 Å². The van der Waals surface area contributed by atoms with Crippen LogP contribution in [0.1, 0.15) is 258 Å². The zero-order chi connectivity index (χ0) is 46.7. The van der Waals surface area contributed by atoms with E-state index in [0.29, 0.717) is 19.3 Å². The number of rotatable bonds is 48. The summed E-state index contributed by atoms with van der Waals surface area (Å²) in [7, 11) is 0. The number of esters is 1. The van der Waals surface area contributed by atoms with E-state index >= 15 is 0 Å². The first kappa shape index (κ1) is 61.3. The summed E-state index contributed by atoms with van der Waals surface area (Å²) in [5, 5.41) is 23.8. The van der Waals surface area contributed by atoms with Crippen molar-refractivity contribution in [2.45, 2.75) is 277 Å². The summed E-state index contributed by atoms with van der Waals surface area (Å²) in [5.74, 6) is -0.519.